The molecule has 0 atom stereocenters. The molecule has 2 aromatic rings. The van der Waals surface area contributed by atoms with Gasteiger partial charge in [0.25, 0.3) is 5.91 Å². The number of aliphatic hydroxyl groups excluding tert-OH is 1. The number of aryl methyl sites for hydroxylation is 1. The summed E-state index contributed by atoms with van der Waals surface area (Å²) >= 11 is 0. The number of aromatic nitrogens is 1. The number of amides is 1. The predicted octanol–water partition coefficient (Wildman–Crippen LogP) is 2.37. The summed E-state index contributed by atoms with van der Waals surface area (Å²) in [4.78, 5) is 23.9. The number of aliphatic hydroxyl groups is 1. The van der Waals surface area contributed by atoms with E-state index in [1.165, 1.54) is 7.05 Å². The van der Waals surface area contributed by atoms with Crippen LogP contribution in [-0.4, -0.2) is 40.4 Å². The Bertz CT molecular complexity index is 1030. The Hall–Kier alpha value is -4.07. The Morgan fingerprint density at radius 1 is 1.43 bits per heavy atom. The quantitative estimate of drug-likeness (QED) is 0.257. The number of nitro groups is 1. The molecule has 11 nitrogen and oxygen atoms in total. The molecular weight excluding hydrogens is 372 g/mol. The Labute approximate surface area is 158 Å². The molecule has 0 saturated carbocycles. The maximum absolute atomic E-state index is 12.7. The number of hydrogen-bond acceptors (Lipinski definition) is 9. The number of likely N-dealkylation sites (N-methyl/N-ethyl adjacent to an activating group) is 1. The molecule has 1 amide bonds. The number of aromatic hydroxyl groups is 1. The fraction of sp³-hybridized carbons (Fsp3) is 0.235. The minimum Gasteiger partial charge on any atom is -0.506 e. The van der Waals surface area contributed by atoms with Crippen molar-refractivity contribution in [2.24, 2.45) is 0 Å². The number of benzene rings is 1. The third-order valence-electron chi connectivity index (χ3n) is 4.05. The van der Waals surface area contributed by atoms with E-state index in [2.05, 4.69) is 5.16 Å². The van der Waals surface area contributed by atoms with Gasteiger partial charge in [-0.2, -0.15) is 5.26 Å². The SMILES string of the molecule is COc1cc(/C(O)=C(\C#N)C(=O)N(C)c2onc(C)c2C)cc([N+](=O)[O-])c1O. The molecule has 0 unspecified atom stereocenters. The Morgan fingerprint density at radius 3 is 2.54 bits per heavy atom. The molecule has 0 aliphatic heterocycles. The van der Waals surface area contributed by atoms with Gasteiger partial charge in [0, 0.05) is 24.2 Å². The normalized spacial score (nSPS) is 11.4. The lowest BCUT2D eigenvalue weighted by Gasteiger charge is -2.15. The summed E-state index contributed by atoms with van der Waals surface area (Å²) in [7, 11) is 2.47. The molecule has 0 fully saturated rings. The minimum atomic E-state index is -0.922. The lowest BCUT2D eigenvalue weighted by Crippen LogP contribution is -2.28. The number of ether oxygens (including phenoxy) is 1. The molecule has 0 spiro atoms. The Balaban J connectivity index is 2.59. The molecule has 0 aliphatic carbocycles. The van der Waals surface area contributed by atoms with Crippen LogP contribution < -0.4 is 9.64 Å². The van der Waals surface area contributed by atoms with Gasteiger partial charge in [-0.3, -0.25) is 19.8 Å². The second-order valence-electron chi connectivity index (χ2n) is 5.70. The molecule has 1 heterocycles. The van der Waals surface area contributed by atoms with Crippen molar-refractivity contribution in [2.75, 3.05) is 19.1 Å². The van der Waals surface area contributed by atoms with E-state index in [1.54, 1.807) is 19.9 Å². The van der Waals surface area contributed by atoms with Gasteiger partial charge in [-0.15, -0.1) is 0 Å². The zero-order valence-electron chi connectivity index (χ0n) is 15.4. The lowest BCUT2D eigenvalue weighted by atomic mass is 10.1. The van der Waals surface area contributed by atoms with Crippen LogP contribution in [0.3, 0.4) is 0 Å². The first kappa shape index (κ1) is 20.2. The number of carbonyl (C=O) groups excluding carboxylic acids is 1. The molecule has 0 aliphatic rings. The number of hydrogen-bond donors (Lipinski definition) is 2. The Morgan fingerprint density at radius 2 is 2.07 bits per heavy atom. The molecule has 0 saturated heterocycles. The fourth-order valence-electron chi connectivity index (χ4n) is 2.35. The number of carbonyl (C=O) groups is 1. The zero-order valence-corrected chi connectivity index (χ0v) is 15.4. The van der Waals surface area contributed by atoms with Crippen LogP contribution in [0.2, 0.25) is 0 Å². The average Bonchev–Trinajstić information content (AvgIpc) is 3.00. The maximum atomic E-state index is 12.7. The van der Waals surface area contributed by atoms with Crippen LogP contribution in [0.5, 0.6) is 11.5 Å². The molecule has 2 rings (SSSR count). The van der Waals surface area contributed by atoms with Crippen LogP contribution >= 0.6 is 0 Å². The number of nitrogens with zero attached hydrogens (tertiary/aromatic N) is 4. The highest BCUT2D eigenvalue weighted by molar-refractivity contribution is 6.11. The number of nitro benzene ring substituents is 1. The first-order chi connectivity index (χ1) is 13.1. The highest BCUT2D eigenvalue weighted by Gasteiger charge is 2.28. The largest absolute Gasteiger partial charge is 0.506 e. The smallest absolute Gasteiger partial charge is 0.315 e. The van der Waals surface area contributed by atoms with E-state index in [9.17, 15) is 30.4 Å². The summed E-state index contributed by atoms with van der Waals surface area (Å²) in [5, 5.41) is 44.5. The van der Waals surface area contributed by atoms with Crippen molar-refractivity contribution in [3.05, 3.63) is 44.6 Å². The highest BCUT2D eigenvalue weighted by atomic mass is 16.6. The second kappa shape index (κ2) is 7.67. The van der Waals surface area contributed by atoms with Crippen molar-refractivity contribution in [1.82, 2.24) is 5.16 Å². The first-order valence-corrected chi connectivity index (χ1v) is 7.74. The molecule has 1 aromatic heterocycles. The number of phenols is 1. The molecule has 28 heavy (non-hydrogen) atoms. The highest BCUT2D eigenvalue weighted by Crippen LogP contribution is 2.39. The topological polar surface area (TPSA) is 163 Å². The van der Waals surface area contributed by atoms with Crippen LogP contribution in [0.25, 0.3) is 5.76 Å². The lowest BCUT2D eigenvalue weighted by molar-refractivity contribution is -0.386. The molecule has 0 bridgehead atoms. The number of nitriles is 1. The van der Waals surface area contributed by atoms with Gasteiger partial charge >= 0.3 is 5.69 Å². The van der Waals surface area contributed by atoms with Crippen molar-refractivity contribution in [3.8, 4) is 17.6 Å². The average molecular weight is 388 g/mol. The summed E-state index contributed by atoms with van der Waals surface area (Å²) in [6.07, 6.45) is 0. The third-order valence-corrected chi connectivity index (χ3v) is 4.05. The summed E-state index contributed by atoms with van der Waals surface area (Å²) in [6, 6.07) is 3.46. The van der Waals surface area contributed by atoms with E-state index in [4.69, 9.17) is 9.26 Å². The van der Waals surface area contributed by atoms with E-state index in [0.29, 0.717) is 11.3 Å². The van der Waals surface area contributed by atoms with Gasteiger partial charge in [-0.05, 0) is 19.9 Å². The van der Waals surface area contributed by atoms with Crippen molar-refractivity contribution in [1.29, 1.82) is 5.26 Å². The second-order valence-corrected chi connectivity index (χ2v) is 5.70. The van der Waals surface area contributed by atoms with Gasteiger partial charge in [-0.1, -0.05) is 5.16 Å². The first-order valence-electron chi connectivity index (χ1n) is 7.74. The molecule has 146 valence electrons. The summed E-state index contributed by atoms with van der Waals surface area (Å²) in [6.45, 7) is 3.33. The van der Waals surface area contributed by atoms with Crippen LogP contribution in [0.15, 0.2) is 22.2 Å². The summed E-state index contributed by atoms with van der Waals surface area (Å²) in [5.41, 5.74) is -0.612. The van der Waals surface area contributed by atoms with Crippen LogP contribution in [0.1, 0.15) is 16.8 Å². The Kier molecular flexibility index (Phi) is 5.54. The van der Waals surface area contributed by atoms with E-state index in [-0.39, 0.29) is 17.2 Å². The van der Waals surface area contributed by atoms with E-state index in [1.807, 2.05) is 0 Å². The molecule has 1 aromatic carbocycles. The van der Waals surface area contributed by atoms with Crippen molar-refractivity contribution >= 4 is 23.2 Å². The number of rotatable bonds is 5. The molecule has 0 radical (unpaired) electrons. The van der Waals surface area contributed by atoms with Gasteiger partial charge in [0.1, 0.15) is 11.8 Å². The van der Waals surface area contributed by atoms with Crippen molar-refractivity contribution in [2.45, 2.75) is 13.8 Å². The van der Waals surface area contributed by atoms with E-state index < -0.39 is 33.6 Å². The van der Waals surface area contributed by atoms with E-state index in [0.717, 1.165) is 24.1 Å². The maximum Gasteiger partial charge on any atom is 0.315 e. The van der Waals surface area contributed by atoms with Crippen molar-refractivity contribution < 1.29 is 29.2 Å². The van der Waals surface area contributed by atoms with Gasteiger partial charge in [0.05, 0.1) is 17.7 Å². The monoisotopic (exact) mass is 388 g/mol. The number of phenolic OH excluding ortho intramolecular Hbond substituents is 1. The number of methoxy groups -OCH3 is 1. The van der Waals surface area contributed by atoms with Crippen LogP contribution in [0.4, 0.5) is 11.6 Å². The molecule has 11 heteroatoms. The minimum absolute atomic E-state index is 0.0808. The van der Waals surface area contributed by atoms with Crippen LogP contribution in [0, 0.1) is 35.3 Å². The van der Waals surface area contributed by atoms with Crippen molar-refractivity contribution in [3.63, 3.8) is 0 Å². The summed E-state index contributed by atoms with van der Waals surface area (Å²) in [5.74, 6) is -2.73. The van der Waals surface area contributed by atoms with Gasteiger partial charge in [-0.25, -0.2) is 0 Å². The van der Waals surface area contributed by atoms with Gasteiger partial charge < -0.3 is 19.5 Å². The molecule has 2 N–H and O–H groups in total. The predicted molar refractivity (Wildman–Crippen MR) is 95.9 cm³/mol. The van der Waals surface area contributed by atoms with Gasteiger partial charge in [0.15, 0.2) is 11.3 Å². The van der Waals surface area contributed by atoms with Crippen LogP contribution in [-0.2, 0) is 4.79 Å². The van der Waals surface area contributed by atoms with E-state index >= 15 is 0 Å². The summed E-state index contributed by atoms with van der Waals surface area (Å²) < 4.78 is 9.91. The van der Waals surface area contributed by atoms with Gasteiger partial charge in [0.2, 0.25) is 11.6 Å². The fourth-order valence-corrected chi connectivity index (χ4v) is 2.35. The zero-order chi connectivity index (χ0) is 21.2. The number of anilines is 1. The third kappa shape index (κ3) is 3.43. The standard InChI is InChI=1S/C17H16N4O7/c1-8-9(2)19-28-17(8)20(3)16(24)11(7-18)14(22)10-5-12(21(25)26)15(23)13(6-10)27-4/h5-6,22-23H,1-4H3/b14-11-. The molecular formula is C17H16N4O7.